The van der Waals surface area contributed by atoms with Crippen LogP contribution >= 0.6 is 0 Å². The molecule has 3 rings (SSSR count). The Morgan fingerprint density at radius 1 is 1.25 bits per heavy atom. The van der Waals surface area contributed by atoms with Gasteiger partial charge in [-0.3, -0.25) is 4.79 Å². The van der Waals surface area contributed by atoms with Crippen molar-refractivity contribution in [3.05, 3.63) is 63.6 Å². The third-order valence-corrected chi connectivity index (χ3v) is 3.76. The number of carbonyl (C=O) groups is 1. The highest BCUT2D eigenvalue weighted by Crippen LogP contribution is 2.23. The van der Waals surface area contributed by atoms with Crippen LogP contribution in [0.2, 0.25) is 0 Å². The van der Waals surface area contributed by atoms with Crippen molar-refractivity contribution in [1.29, 1.82) is 0 Å². The lowest BCUT2D eigenvalue weighted by atomic mass is 10.0. The molecular formula is C18H16N2O4. The standard InChI is InChI=1S/C18H16N2O4/c1-10-4-3-5-16(19-10)20-17(22)9-14-11(2)13-7-6-12(21)8-15(13)24-18(14)23/h3-8,21H,9H2,1-2H3,(H,19,20,22). The van der Waals surface area contributed by atoms with Crippen molar-refractivity contribution >= 4 is 22.7 Å². The van der Waals surface area contributed by atoms with Gasteiger partial charge in [-0.15, -0.1) is 0 Å². The molecule has 0 radical (unpaired) electrons. The van der Waals surface area contributed by atoms with E-state index in [0.717, 1.165) is 5.69 Å². The molecule has 0 saturated carbocycles. The van der Waals surface area contributed by atoms with E-state index in [2.05, 4.69) is 10.3 Å². The number of rotatable bonds is 3. The highest BCUT2D eigenvalue weighted by Gasteiger charge is 2.15. The van der Waals surface area contributed by atoms with E-state index in [4.69, 9.17) is 4.42 Å². The maximum absolute atomic E-state index is 12.2. The highest BCUT2D eigenvalue weighted by atomic mass is 16.4. The van der Waals surface area contributed by atoms with E-state index in [1.807, 2.05) is 13.0 Å². The fourth-order valence-electron chi connectivity index (χ4n) is 2.55. The van der Waals surface area contributed by atoms with Gasteiger partial charge in [0.2, 0.25) is 5.91 Å². The van der Waals surface area contributed by atoms with Crippen LogP contribution in [0.4, 0.5) is 5.82 Å². The average Bonchev–Trinajstić information content (AvgIpc) is 2.51. The van der Waals surface area contributed by atoms with Crippen LogP contribution in [0.15, 0.2) is 45.6 Å². The van der Waals surface area contributed by atoms with Gasteiger partial charge in [-0.2, -0.15) is 0 Å². The summed E-state index contributed by atoms with van der Waals surface area (Å²) in [5.74, 6) is 0.107. The van der Waals surface area contributed by atoms with Crippen LogP contribution in [0.3, 0.4) is 0 Å². The van der Waals surface area contributed by atoms with Crippen LogP contribution < -0.4 is 10.9 Å². The minimum atomic E-state index is -0.585. The largest absolute Gasteiger partial charge is 0.508 e. The fourth-order valence-corrected chi connectivity index (χ4v) is 2.55. The second kappa shape index (κ2) is 6.16. The summed E-state index contributed by atoms with van der Waals surface area (Å²) in [7, 11) is 0. The number of phenolic OH excluding ortho intramolecular Hbond substituents is 1. The number of aromatic hydroxyl groups is 1. The van der Waals surface area contributed by atoms with Gasteiger partial charge in [0.25, 0.3) is 0 Å². The molecule has 0 aliphatic rings. The van der Waals surface area contributed by atoms with Crippen LogP contribution in [0.25, 0.3) is 11.0 Å². The number of anilines is 1. The van der Waals surface area contributed by atoms with E-state index in [1.165, 1.54) is 12.1 Å². The first-order valence-electron chi connectivity index (χ1n) is 7.43. The minimum Gasteiger partial charge on any atom is -0.508 e. The molecule has 0 aliphatic heterocycles. The Labute approximate surface area is 137 Å². The smallest absolute Gasteiger partial charge is 0.340 e. The summed E-state index contributed by atoms with van der Waals surface area (Å²) < 4.78 is 5.21. The summed E-state index contributed by atoms with van der Waals surface area (Å²) in [5.41, 5.74) is 1.45. The summed E-state index contributed by atoms with van der Waals surface area (Å²) >= 11 is 0. The van der Waals surface area contributed by atoms with E-state index in [1.54, 1.807) is 25.1 Å². The lowest BCUT2D eigenvalue weighted by Crippen LogP contribution is -2.21. The third-order valence-electron chi connectivity index (χ3n) is 3.76. The Morgan fingerprint density at radius 2 is 2.04 bits per heavy atom. The summed E-state index contributed by atoms with van der Waals surface area (Å²) in [6, 6.07) is 9.85. The normalized spacial score (nSPS) is 10.8. The molecule has 0 aliphatic carbocycles. The lowest BCUT2D eigenvalue weighted by Gasteiger charge is -2.08. The second-order valence-electron chi connectivity index (χ2n) is 5.56. The molecule has 0 fully saturated rings. The molecule has 24 heavy (non-hydrogen) atoms. The predicted molar refractivity (Wildman–Crippen MR) is 90.2 cm³/mol. The Bertz CT molecular complexity index is 992. The third kappa shape index (κ3) is 3.12. The first kappa shape index (κ1) is 15.7. The maximum atomic E-state index is 12.2. The highest BCUT2D eigenvalue weighted by molar-refractivity contribution is 5.92. The fraction of sp³-hybridized carbons (Fsp3) is 0.167. The van der Waals surface area contributed by atoms with Crippen LogP contribution in [0.5, 0.6) is 5.75 Å². The SMILES string of the molecule is Cc1cccc(NC(=O)Cc2c(C)c3ccc(O)cc3oc2=O)n1. The van der Waals surface area contributed by atoms with Crippen molar-refractivity contribution in [3.8, 4) is 5.75 Å². The Morgan fingerprint density at radius 3 is 2.79 bits per heavy atom. The number of aryl methyl sites for hydroxylation is 2. The number of nitrogens with zero attached hydrogens (tertiary/aromatic N) is 1. The van der Waals surface area contributed by atoms with Crippen molar-refractivity contribution in [1.82, 2.24) is 4.98 Å². The van der Waals surface area contributed by atoms with E-state index in [0.29, 0.717) is 27.9 Å². The molecule has 0 atom stereocenters. The predicted octanol–water partition coefficient (Wildman–Crippen LogP) is 2.69. The molecule has 0 spiro atoms. The van der Waals surface area contributed by atoms with E-state index in [9.17, 15) is 14.7 Å². The van der Waals surface area contributed by atoms with Crippen molar-refractivity contribution < 1.29 is 14.3 Å². The number of benzene rings is 1. The van der Waals surface area contributed by atoms with E-state index < -0.39 is 5.63 Å². The molecule has 6 heteroatoms. The molecule has 2 aromatic heterocycles. The number of carbonyl (C=O) groups excluding carboxylic acids is 1. The zero-order chi connectivity index (χ0) is 17.3. The van der Waals surface area contributed by atoms with Crippen LogP contribution in [-0.4, -0.2) is 16.0 Å². The molecule has 1 amide bonds. The first-order chi connectivity index (χ1) is 11.4. The first-order valence-corrected chi connectivity index (χ1v) is 7.43. The Balaban J connectivity index is 1.91. The molecule has 0 unspecified atom stereocenters. The van der Waals surface area contributed by atoms with Gasteiger partial charge in [0, 0.05) is 17.1 Å². The summed E-state index contributed by atoms with van der Waals surface area (Å²) in [6.45, 7) is 3.58. The number of amides is 1. The average molecular weight is 324 g/mol. The monoisotopic (exact) mass is 324 g/mol. The number of phenols is 1. The second-order valence-corrected chi connectivity index (χ2v) is 5.56. The number of aromatic nitrogens is 1. The van der Waals surface area contributed by atoms with Crippen LogP contribution in [-0.2, 0) is 11.2 Å². The van der Waals surface area contributed by atoms with Gasteiger partial charge in [0.05, 0.1) is 12.0 Å². The molecule has 2 heterocycles. The minimum absolute atomic E-state index is 0.0149. The van der Waals surface area contributed by atoms with Crippen molar-refractivity contribution in [2.75, 3.05) is 5.32 Å². The van der Waals surface area contributed by atoms with Crippen molar-refractivity contribution in [3.63, 3.8) is 0 Å². The van der Waals surface area contributed by atoms with Crippen molar-refractivity contribution in [2.45, 2.75) is 20.3 Å². The van der Waals surface area contributed by atoms with E-state index in [-0.39, 0.29) is 18.1 Å². The van der Waals surface area contributed by atoms with Gasteiger partial charge < -0.3 is 14.8 Å². The van der Waals surface area contributed by atoms with Gasteiger partial charge in [-0.25, -0.2) is 9.78 Å². The molecule has 1 aromatic carbocycles. The molecule has 3 aromatic rings. The topological polar surface area (TPSA) is 92.4 Å². The lowest BCUT2D eigenvalue weighted by molar-refractivity contribution is -0.115. The number of hydrogen-bond acceptors (Lipinski definition) is 5. The molecule has 2 N–H and O–H groups in total. The number of nitrogens with one attached hydrogen (secondary N) is 1. The molecular weight excluding hydrogens is 308 g/mol. The quantitative estimate of drug-likeness (QED) is 0.723. The maximum Gasteiger partial charge on any atom is 0.340 e. The molecule has 122 valence electrons. The zero-order valence-electron chi connectivity index (χ0n) is 13.3. The van der Waals surface area contributed by atoms with Gasteiger partial charge in [0.1, 0.15) is 17.2 Å². The van der Waals surface area contributed by atoms with Gasteiger partial charge in [-0.05, 0) is 43.7 Å². The molecule has 6 nitrogen and oxygen atoms in total. The Hall–Kier alpha value is -3.15. The number of fused-ring (bicyclic) bond motifs is 1. The summed E-state index contributed by atoms with van der Waals surface area (Å²) in [6.07, 6.45) is -0.111. The Kier molecular flexibility index (Phi) is 4.04. The van der Waals surface area contributed by atoms with E-state index >= 15 is 0 Å². The summed E-state index contributed by atoms with van der Waals surface area (Å²) in [5, 5.41) is 12.8. The van der Waals surface area contributed by atoms with Gasteiger partial charge in [-0.1, -0.05) is 6.07 Å². The summed E-state index contributed by atoms with van der Waals surface area (Å²) in [4.78, 5) is 28.6. The molecule has 0 saturated heterocycles. The van der Waals surface area contributed by atoms with Crippen LogP contribution in [0.1, 0.15) is 16.8 Å². The number of hydrogen-bond donors (Lipinski definition) is 2. The van der Waals surface area contributed by atoms with Crippen LogP contribution in [0, 0.1) is 13.8 Å². The van der Waals surface area contributed by atoms with Crippen molar-refractivity contribution in [2.24, 2.45) is 0 Å². The zero-order valence-corrected chi connectivity index (χ0v) is 13.3. The van der Waals surface area contributed by atoms with Gasteiger partial charge >= 0.3 is 5.63 Å². The number of pyridine rings is 1. The van der Waals surface area contributed by atoms with Gasteiger partial charge in [0.15, 0.2) is 0 Å². The molecule has 0 bridgehead atoms.